The molecule has 0 atom stereocenters. The molecule has 0 aliphatic heterocycles. The van der Waals surface area contributed by atoms with E-state index in [1.165, 1.54) is 10.7 Å². The Labute approximate surface area is 137 Å². The van der Waals surface area contributed by atoms with Gasteiger partial charge in [0.05, 0.1) is 12.3 Å². The molecular weight excluding hydrogens is 314 g/mol. The van der Waals surface area contributed by atoms with Crippen molar-refractivity contribution in [3.63, 3.8) is 0 Å². The van der Waals surface area contributed by atoms with Gasteiger partial charge in [0, 0.05) is 18.3 Å². The minimum absolute atomic E-state index is 0.0246. The predicted molar refractivity (Wildman–Crippen MR) is 85.4 cm³/mol. The lowest BCUT2D eigenvalue weighted by Gasteiger charge is -2.11. The quantitative estimate of drug-likeness (QED) is 0.709. The van der Waals surface area contributed by atoms with Crippen LogP contribution in [0, 0.1) is 6.92 Å². The molecule has 0 fully saturated rings. The molecule has 1 aromatic heterocycles. The Bertz CT molecular complexity index is 786. The first kappa shape index (κ1) is 17.4. The van der Waals surface area contributed by atoms with Gasteiger partial charge in [-0.1, -0.05) is 18.2 Å². The van der Waals surface area contributed by atoms with Crippen LogP contribution in [0.1, 0.15) is 16.2 Å². The van der Waals surface area contributed by atoms with Crippen molar-refractivity contribution >= 4 is 11.9 Å². The average Bonchev–Trinajstić information content (AvgIpc) is 2.55. The number of hydrogen-bond donors (Lipinski definition) is 2. The fraction of sp³-hybridized carbons (Fsp3) is 0.250. The minimum atomic E-state index is -1.09. The van der Waals surface area contributed by atoms with Crippen molar-refractivity contribution in [3.8, 4) is 5.69 Å². The van der Waals surface area contributed by atoms with Gasteiger partial charge in [0.2, 0.25) is 5.43 Å². The summed E-state index contributed by atoms with van der Waals surface area (Å²) in [6.07, 6.45) is 0. The molecule has 0 radical (unpaired) electrons. The molecule has 1 amide bonds. The zero-order chi connectivity index (χ0) is 17.5. The summed E-state index contributed by atoms with van der Waals surface area (Å²) >= 11 is 0. The Morgan fingerprint density at radius 1 is 1.29 bits per heavy atom. The van der Waals surface area contributed by atoms with Crippen LogP contribution in [0.25, 0.3) is 5.69 Å². The summed E-state index contributed by atoms with van der Waals surface area (Å²) in [4.78, 5) is 34.4. The highest BCUT2D eigenvalue weighted by molar-refractivity contribution is 5.92. The Kier molecular flexibility index (Phi) is 5.80. The highest BCUT2D eigenvalue weighted by Gasteiger charge is 2.14. The second-order valence-corrected chi connectivity index (χ2v) is 4.95. The van der Waals surface area contributed by atoms with Crippen molar-refractivity contribution in [2.24, 2.45) is 0 Å². The normalized spacial score (nSPS) is 10.4. The van der Waals surface area contributed by atoms with Crippen LogP contribution in [0.5, 0.6) is 0 Å². The predicted octanol–water partition coefficient (Wildman–Crippen LogP) is 0.372. The smallest absolute Gasteiger partial charge is 0.329 e. The summed E-state index contributed by atoms with van der Waals surface area (Å²) in [5.74, 6) is -1.73. The SMILES string of the molecule is Cc1cc(=O)c(C(=O)NCCOCC(=O)O)nn1-c1ccccc1. The van der Waals surface area contributed by atoms with Crippen LogP contribution in [0.15, 0.2) is 41.2 Å². The van der Waals surface area contributed by atoms with Crippen molar-refractivity contribution in [2.45, 2.75) is 6.92 Å². The number of carbonyl (C=O) groups excluding carboxylic acids is 1. The van der Waals surface area contributed by atoms with E-state index in [0.29, 0.717) is 5.69 Å². The lowest BCUT2D eigenvalue weighted by molar-refractivity contribution is -0.142. The van der Waals surface area contributed by atoms with Gasteiger partial charge in [-0.25, -0.2) is 9.48 Å². The number of carboxylic acids is 1. The van der Waals surface area contributed by atoms with E-state index in [-0.39, 0.29) is 18.8 Å². The van der Waals surface area contributed by atoms with Crippen LogP contribution in [0.3, 0.4) is 0 Å². The minimum Gasteiger partial charge on any atom is -0.480 e. The van der Waals surface area contributed by atoms with Gasteiger partial charge in [0.25, 0.3) is 5.91 Å². The first-order valence-corrected chi connectivity index (χ1v) is 7.23. The molecule has 2 N–H and O–H groups in total. The number of rotatable bonds is 7. The van der Waals surface area contributed by atoms with Gasteiger partial charge < -0.3 is 15.2 Å². The monoisotopic (exact) mass is 331 g/mol. The van der Waals surface area contributed by atoms with Crippen LogP contribution >= 0.6 is 0 Å². The van der Waals surface area contributed by atoms with Gasteiger partial charge in [-0.15, -0.1) is 0 Å². The van der Waals surface area contributed by atoms with Gasteiger partial charge in [-0.3, -0.25) is 9.59 Å². The van der Waals surface area contributed by atoms with E-state index in [2.05, 4.69) is 10.4 Å². The molecule has 0 saturated carbocycles. The molecule has 0 aliphatic carbocycles. The fourth-order valence-electron chi connectivity index (χ4n) is 2.02. The maximum atomic E-state index is 12.1. The second-order valence-electron chi connectivity index (χ2n) is 4.95. The third-order valence-electron chi connectivity index (χ3n) is 3.08. The van der Waals surface area contributed by atoms with E-state index >= 15 is 0 Å². The molecule has 1 heterocycles. The van der Waals surface area contributed by atoms with E-state index < -0.39 is 23.9 Å². The van der Waals surface area contributed by atoms with E-state index in [1.54, 1.807) is 6.92 Å². The van der Waals surface area contributed by atoms with Crippen LogP contribution in [-0.2, 0) is 9.53 Å². The number of aryl methyl sites for hydroxylation is 1. The molecule has 24 heavy (non-hydrogen) atoms. The fourth-order valence-corrected chi connectivity index (χ4v) is 2.02. The number of para-hydroxylation sites is 1. The van der Waals surface area contributed by atoms with E-state index in [1.807, 2.05) is 30.3 Å². The maximum Gasteiger partial charge on any atom is 0.329 e. The number of nitrogens with zero attached hydrogens (tertiary/aromatic N) is 2. The number of benzene rings is 1. The Balaban J connectivity index is 2.11. The average molecular weight is 331 g/mol. The highest BCUT2D eigenvalue weighted by atomic mass is 16.5. The maximum absolute atomic E-state index is 12.1. The zero-order valence-electron chi connectivity index (χ0n) is 13.1. The van der Waals surface area contributed by atoms with Crippen molar-refractivity contribution < 1.29 is 19.4 Å². The first-order chi connectivity index (χ1) is 11.5. The number of carbonyl (C=O) groups is 2. The van der Waals surface area contributed by atoms with E-state index in [0.717, 1.165) is 5.69 Å². The van der Waals surface area contributed by atoms with Gasteiger partial charge >= 0.3 is 5.97 Å². The van der Waals surface area contributed by atoms with Crippen LogP contribution in [0.4, 0.5) is 0 Å². The summed E-state index contributed by atoms with van der Waals surface area (Å²) in [5, 5.41) is 15.0. The van der Waals surface area contributed by atoms with Crippen molar-refractivity contribution in [3.05, 3.63) is 58.0 Å². The Hall–Kier alpha value is -3.00. The number of hydrogen-bond acceptors (Lipinski definition) is 5. The van der Waals surface area contributed by atoms with Crippen LogP contribution < -0.4 is 10.7 Å². The lowest BCUT2D eigenvalue weighted by Crippen LogP contribution is -2.34. The molecule has 0 bridgehead atoms. The van der Waals surface area contributed by atoms with Gasteiger partial charge in [0.1, 0.15) is 6.61 Å². The molecule has 1 aromatic carbocycles. The third kappa shape index (κ3) is 4.50. The molecule has 2 aromatic rings. The molecule has 0 spiro atoms. The molecule has 0 unspecified atom stereocenters. The Morgan fingerprint density at radius 2 is 2.00 bits per heavy atom. The Morgan fingerprint density at radius 3 is 2.67 bits per heavy atom. The van der Waals surface area contributed by atoms with Crippen LogP contribution in [0.2, 0.25) is 0 Å². The van der Waals surface area contributed by atoms with Gasteiger partial charge in [-0.2, -0.15) is 5.10 Å². The third-order valence-corrected chi connectivity index (χ3v) is 3.08. The molecule has 2 rings (SSSR count). The van der Waals surface area contributed by atoms with Crippen molar-refractivity contribution in [1.82, 2.24) is 15.1 Å². The number of ether oxygens (including phenoxy) is 1. The van der Waals surface area contributed by atoms with Gasteiger partial charge in [-0.05, 0) is 19.1 Å². The number of carboxylic acid groups (broad SMARTS) is 1. The highest BCUT2D eigenvalue weighted by Crippen LogP contribution is 2.07. The van der Waals surface area contributed by atoms with Crippen LogP contribution in [-0.4, -0.2) is 46.5 Å². The topological polar surface area (TPSA) is 111 Å². The standard InChI is InChI=1S/C16H17N3O5/c1-11-9-13(20)15(16(23)17-7-8-24-10-14(21)22)18-19(11)12-5-3-2-4-6-12/h2-6,9H,7-8,10H2,1H3,(H,17,23)(H,21,22). The zero-order valence-corrected chi connectivity index (χ0v) is 13.1. The largest absolute Gasteiger partial charge is 0.480 e. The molecular formula is C16H17N3O5. The summed E-state index contributed by atoms with van der Waals surface area (Å²) in [7, 11) is 0. The number of nitrogens with one attached hydrogen (secondary N) is 1. The first-order valence-electron chi connectivity index (χ1n) is 7.23. The second kappa shape index (κ2) is 8.02. The molecule has 126 valence electrons. The van der Waals surface area contributed by atoms with E-state index in [9.17, 15) is 14.4 Å². The molecule has 8 heteroatoms. The molecule has 8 nitrogen and oxygen atoms in total. The number of aromatic nitrogens is 2. The molecule has 0 saturated heterocycles. The summed E-state index contributed by atoms with van der Waals surface area (Å²) in [6, 6.07) is 10.5. The summed E-state index contributed by atoms with van der Waals surface area (Å²) in [5.41, 5.74) is 0.618. The molecule has 0 aliphatic rings. The summed E-state index contributed by atoms with van der Waals surface area (Å²) < 4.78 is 6.32. The van der Waals surface area contributed by atoms with E-state index in [4.69, 9.17) is 9.84 Å². The van der Waals surface area contributed by atoms with Gasteiger partial charge in [0.15, 0.2) is 5.69 Å². The van der Waals surface area contributed by atoms with Crippen molar-refractivity contribution in [1.29, 1.82) is 0 Å². The van der Waals surface area contributed by atoms with Crippen molar-refractivity contribution in [2.75, 3.05) is 19.8 Å². The summed E-state index contributed by atoms with van der Waals surface area (Å²) in [6.45, 7) is 1.38. The lowest BCUT2D eigenvalue weighted by atomic mass is 10.2. The number of amides is 1. The number of aliphatic carboxylic acids is 1.